The van der Waals surface area contributed by atoms with Crippen molar-refractivity contribution in [2.24, 2.45) is 0 Å². The summed E-state index contributed by atoms with van der Waals surface area (Å²) in [4.78, 5) is 25.9. The first kappa shape index (κ1) is 14.4. The summed E-state index contributed by atoms with van der Waals surface area (Å²) in [7, 11) is 0. The van der Waals surface area contributed by atoms with E-state index in [1.54, 1.807) is 0 Å². The highest BCUT2D eigenvalue weighted by Gasteiger charge is 2.06. The fraction of sp³-hybridized carbons (Fsp3) is 0.0769. The molecule has 21 heavy (non-hydrogen) atoms. The normalized spacial score (nSPS) is 10.7. The highest BCUT2D eigenvalue weighted by Crippen LogP contribution is 2.16. The summed E-state index contributed by atoms with van der Waals surface area (Å²) in [5, 5.41) is 14.9. The van der Waals surface area contributed by atoms with Gasteiger partial charge in [0.25, 0.3) is 0 Å². The molecule has 2 N–H and O–H groups in total. The fourth-order valence-corrected chi connectivity index (χ4v) is 1.57. The molecule has 0 spiro atoms. The van der Waals surface area contributed by atoms with Gasteiger partial charge in [0.15, 0.2) is 0 Å². The Balaban J connectivity index is 2.08. The zero-order chi connectivity index (χ0) is 15.2. The van der Waals surface area contributed by atoms with Gasteiger partial charge in [-0.05, 0) is 24.3 Å². The van der Waals surface area contributed by atoms with E-state index in [-0.39, 0.29) is 18.0 Å². The van der Waals surface area contributed by atoms with Crippen molar-refractivity contribution in [1.29, 1.82) is 0 Å². The molecule has 0 bridgehead atoms. The molecule has 1 heterocycles. The third kappa shape index (κ3) is 4.23. The van der Waals surface area contributed by atoms with E-state index in [4.69, 9.17) is 5.11 Å². The van der Waals surface area contributed by atoms with Crippen LogP contribution in [0.1, 0.15) is 5.56 Å². The summed E-state index contributed by atoms with van der Waals surface area (Å²) >= 11 is 0. The molecule has 1 aromatic heterocycles. The van der Waals surface area contributed by atoms with E-state index in [1.165, 1.54) is 29.5 Å². The Morgan fingerprint density at radius 2 is 2.24 bits per heavy atom. The highest BCUT2D eigenvalue weighted by molar-refractivity contribution is 5.91. The summed E-state index contributed by atoms with van der Waals surface area (Å²) in [6, 6.07) is 3.87. The second kappa shape index (κ2) is 6.42. The Bertz CT molecular complexity index is 683. The zero-order valence-electron chi connectivity index (χ0n) is 10.7. The number of carbonyl (C=O) groups excluding carboxylic acids is 1. The summed E-state index contributed by atoms with van der Waals surface area (Å²) in [6.07, 6.45) is 4.63. The van der Waals surface area contributed by atoms with Gasteiger partial charge >= 0.3 is 5.97 Å². The number of carbonyl (C=O) groups is 2. The topological polar surface area (TPSA) is 97.1 Å². The SMILES string of the molecule is O=C(O)/C=C/c1cc(NC(=O)Cn2cncn2)ccc1F. The number of carboxylic acids is 1. The molecule has 0 fully saturated rings. The standard InChI is InChI=1S/C13H11FN4O3/c14-11-3-2-10(5-9(11)1-4-13(20)21)17-12(19)6-18-8-15-7-16-18/h1-5,7-8H,6H2,(H,17,19)(H,20,21)/b4-1+. The maximum absolute atomic E-state index is 13.5. The molecular formula is C13H11FN4O3. The Morgan fingerprint density at radius 1 is 1.43 bits per heavy atom. The number of halogens is 1. The van der Waals surface area contributed by atoms with Crippen LogP contribution < -0.4 is 5.32 Å². The number of aliphatic carboxylic acids is 1. The quantitative estimate of drug-likeness (QED) is 0.805. The number of anilines is 1. The molecule has 0 aliphatic rings. The summed E-state index contributed by atoms with van der Waals surface area (Å²) in [5.41, 5.74) is 0.419. The molecule has 0 saturated heterocycles. The lowest BCUT2D eigenvalue weighted by Crippen LogP contribution is -2.19. The molecular weight excluding hydrogens is 279 g/mol. The molecule has 2 rings (SSSR count). The first-order valence-corrected chi connectivity index (χ1v) is 5.87. The van der Waals surface area contributed by atoms with Gasteiger partial charge in [0.05, 0.1) is 0 Å². The highest BCUT2D eigenvalue weighted by atomic mass is 19.1. The molecule has 2 aromatic rings. The van der Waals surface area contributed by atoms with Crippen LogP contribution in [0.2, 0.25) is 0 Å². The van der Waals surface area contributed by atoms with E-state index in [1.807, 2.05) is 0 Å². The van der Waals surface area contributed by atoms with Gasteiger partial charge in [-0.25, -0.2) is 18.9 Å². The third-order valence-corrected chi connectivity index (χ3v) is 2.46. The summed E-state index contributed by atoms with van der Waals surface area (Å²) in [6.45, 7) is -0.0301. The van der Waals surface area contributed by atoms with Crippen molar-refractivity contribution in [3.8, 4) is 0 Å². The first-order valence-electron chi connectivity index (χ1n) is 5.87. The van der Waals surface area contributed by atoms with Crippen LogP contribution in [0.15, 0.2) is 36.9 Å². The second-order valence-corrected chi connectivity index (χ2v) is 4.05. The molecule has 0 aliphatic carbocycles. The van der Waals surface area contributed by atoms with E-state index < -0.39 is 11.8 Å². The lowest BCUT2D eigenvalue weighted by Gasteiger charge is -2.06. The molecule has 0 aliphatic heterocycles. The van der Waals surface area contributed by atoms with Crippen LogP contribution >= 0.6 is 0 Å². The fourth-order valence-electron chi connectivity index (χ4n) is 1.57. The molecule has 0 atom stereocenters. The minimum atomic E-state index is -1.19. The largest absolute Gasteiger partial charge is 0.478 e. The van der Waals surface area contributed by atoms with Gasteiger partial charge in [0.2, 0.25) is 5.91 Å². The number of aromatic nitrogens is 3. The van der Waals surface area contributed by atoms with Crippen LogP contribution in [-0.4, -0.2) is 31.7 Å². The van der Waals surface area contributed by atoms with E-state index in [0.717, 1.165) is 18.2 Å². The van der Waals surface area contributed by atoms with Crippen molar-refractivity contribution >= 4 is 23.6 Å². The van der Waals surface area contributed by atoms with Crippen molar-refractivity contribution in [2.45, 2.75) is 6.54 Å². The van der Waals surface area contributed by atoms with Gasteiger partial charge in [0, 0.05) is 17.3 Å². The van der Waals surface area contributed by atoms with Gasteiger partial charge in [-0.1, -0.05) is 0 Å². The van der Waals surface area contributed by atoms with E-state index >= 15 is 0 Å². The maximum atomic E-state index is 13.5. The van der Waals surface area contributed by atoms with Crippen LogP contribution in [0.3, 0.4) is 0 Å². The van der Waals surface area contributed by atoms with Gasteiger partial charge in [0.1, 0.15) is 25.0 Å². The Morgan fingerprint density at radius 3 is 2.90 bits per heavy atom. The Labute approximate surface area is 118 Å². The Kier molecular flexibility index (Phi) is 4.39. The van der Waals surface area contributed by atoms with Gasteiger partial charge in [-0.3, -0.25) is 4.79 Å². The molecule has 108 valence electrons. The lowest BCUT2D eigenvalue weighted by molar-refractivity contribution is -0.131. The molecule has 1 aromatic carbocycles. The summed E-state index contributed by atoms with van der Waals surface area (Å²) < 4.78 is 14.8. The van der Waals surface area contributed by atoms with Gasteiger partial charge in [-0.2, -0.15) is 5.10 Å². The smallest absolute Gasteiger partial charge is 0.328 e. The second-order valence-electron chi connectivity index (χ2n) is 4.05. The van der Waals surface area contributed by atoms with Crippen molar-refractivity contribution in [3.05, 3.63) is 48.3 Å². The predicted octanol–water partition coefficient (Wildman–Crippen LogP) is 1.15. The van der Waals surface area contributed by atoms with E-state index in [2.05, 4.69) is 15.4 Å². The number of rotatable bonds is 5. The van der Waals surface area contributed by atoms with Crippen LogP contribution in [0.4, 0.5) is 10.1 Å². The van der Waals surface area contributed by atoms with Crippen molar-refractivity contribution in [1.82, 2.24) is 14.8 Å². The lowest BCUT2D eigenvalue weighted by atomic mass is 10.1. The van der Waals surface area contributed by atoms with Gasteiger partial charge < -0.3 is 10.4 Å². The van der Waals surface area contributed by atoms with E-state index in [0.29, 0.717) is 5.69 Å². The van der Waals surface area contributed by atoms with Crippen LogP contribution in [-0.2, 0) is 16.1 Å². The van der Waals surface area contributed by atoms with Crippen LogP contribution in [0.25, 0.3) is 6.08 Å². The Hall–Kier alpha value is -3.03. The zero-order valence-corrected chi connectivity index (χ0v) is 10.7. The minimum Gasteiger partial charge on any atom is -0.478 e. The van der Waals surface area contributed by atoms with Crippen LogP contribution in [0.5, 0.6) is 0 Å². The number of amides is 1. The van der Waals surface area contributed by atoms with E-state index in [9.17, 15) is 14.0 Å². The number of nitrogens with one attached hydrogen (secondary N) is 1. The molecule has 0 radical (unpaired) electrons. The molecule has 0 saturated carbocycles. The maximum Gasteiger partial charge on any atom is 0.328 e. The predicted molar refractivity (Wildman–Crippen MR) is 71.7 cm³/mol. The number of carboxylic acid groups (broad SMARTS) is 1. The number of nitrogens with zero attached hydrogens (tertiary/aromatic N) is 3. The average Bonchev–Trinajstić information content (AvgIpc) is 2.92. The van der Waals surface area contributed by atoms with Crippen molar-refractivity contribution in [2.75, 3.05) is 5.32 Å². The number of benzene rings is 1. The molecule has 1 amide bonds. The summed E-state index contributed by atoms with van der Waals surface area (Å²) in [5.74, 6) is -2.13. The minimum absolute atomic E-state index is 0.0301. The first-order chi connectivity index (χ1) is 10.0. The molecule has 7 nitrogen and oxygen atoms in total. The monoisotopic (exact) mass is 290 g/mol. The van der Waals surface area contributed by atoms with Gasteiger partial charge in [-0.15, -0.1) is 0 Å². The molecule has 8 heteroatoms. The number of hydrogen-bond donors (Lipinski definition) is 2. The average molecular weight is 290 g/mol. The van der Waals surface area contributed by atoms with Crippen LogP contribution in [0, 0.1) is 5.82 Å². The van der Waals surface area contributed by atoms with Crippen molar-refractivity contribution in [3.63, 3.8) is 0 Å². The van der Waals surface area contributed by atoms with Crippen molar-refractivity contribution < 1.29 is 19.1 Å². The third-order valence-electron chi connectivity index (χ3n) is 2.46. The number of hydrogen-bond acceptors (Lipinski definition) is 4. The molecule has 0 unspecified atom stereocenters.